The molecule has 0 saturated heterocycles. The number of rotatable bonds is 7. The van der Waals surface area contributed by atoms with E-state index in [4.69, 9.17) is 12.6 Å². The maximum Gasteiger partial charge on any atom is 0.308 e. The maximum absolute atomic E-state index is 12.6. The largest absolute Gasteiger partial charge is 0.427 e. The predicted octanol–water partition coefficient (Wildman–Crippen LogP) is 2.70. The Balaban J connectivity index is 2.25. The molecule has 1 N–H and O–H groups in total. The summed E-state index contributed by atoms with van der Waals surface area (Å²) in [4.78, 5) is 28.0. The van der Waals surface area contributed by atoms with E-state index in [1.54, 1.807) is 0 Å². The lowest BCUT2D eigenvalue weighted by Gasteiger charge is -2.12. The second kappa shape index (κ2) is 9.19. The van der Waals surface area contributed by atoms with E-state index in [1.165, 1.54) is 24.4 Å². The average molecular weight is 485 g/mol. The molecule has 0 atom stereocenters. The molecule has 0 aliphatic carbocycles. The summed E-state index contributed by atoms with van der Waals surface area (Å²) < 4.78 is 30.2. The number of halogens is 1. The lowest BCUT2D eigenvalue weighted by Crippen LogP contribution is -2.21. The number of amides is 1. The van der Waals surface area contributed by atoms with Gasteiger partial charge in [-0.2, -0.15) is 0 Å². The van der Waals surface area contributed by atoms with Crippen molar-refractivity contribution in [3.05, 3.63) is 27.5 Å². The van der Waals surface area contributed by atoms with E-state index in [-0.39, 0.29) is 38.6 Å². The van der Waals surface area contributed by atoms with Crippen LogP contribution in [0.4, 0.5) is 5.13 Å². The van der Waals surface area contributed by atoms with Crippen LogP contribution in [0.25, 0.3) is 0 Å². The van der Waals surface area contributed by atoms with Gasteiger partial charge in [0.25, 0.3) is 5.91 Å². The third kappa shape index (κ3) is 5.89. The van der Waals surface area contributed by atoms with Gasteiger partial charge in [-0.3, -0.25) is 14.9 Å². The molecule has 0 saturated carbocycles. The molecule has 0 fully saturated rings. The normalized spacial score (nSPS) is 11.5. The van der Waals surface area contributed by atoms with Gasteiger partial charge in [0.1, 0.15) is 13.6 Å². The number of nitrogens with one attached hydrogen (secondary N) is 1. The number of benzene rings is 1. The molecule has 0 unspecified atom stereocenters. The predicted molar refractivity (Wildman–Crippen MR) is 112 cm³/mol. The third-order valence-corrected chi connectivity index (χ3v) is 6.54. The molecule has 0 aliphatic rings. The van der Waals surface area contributed by atoms with E-state index < -0.39 is 21.7 Å². The topological polar surface area (TPSA) is 102 Å². The average Bonchev–Trinajstić information content (AvgIpc) is 3.04. The number of anilines is 1. The summed E-state index contributed by atoms with van der Waals surface area (Å²) in [6, 6.07) is 2.94. The highest BCUT2D eigenvalue weighted by molar-refractivity contribution is 9.10. The van der Waals surface area contributed by atoms with Crippen LogP contribution in [0.2, 0.25) is 0 Å². The molecule has 2 radical (unpaired) electrons. The van der Waals surface area contributed by atoms with Crippen LogP contribution in [-0.2, 0) is 14.6 Å². The van der Waals surface area contributed by atoms with Crippen molar-refractivity contribution in [1.82, 2.24) is 4.98 Å². The molecule has 0 bridgehead atoms. The number of nitrogens with zero attached hydrogens (tertiary/aromatic N) is 1. The van der Waals surface area contributed by atoms with Crippen LogP contribution >= 0.6 is 27.3 Å². The second-order valence-corrected chi connectivity index (χ2v) is 10.2. The molecule has 148 valence electrons. The Morgan fingerprint density at radius 1 is 1.36 bits per heavy atom. The highest BCUT2D eigenvalue weighted by Gasteiger charge is 2.22. The van der Waals surface area contributed by atoms with Gasteiger partial charge < -0.3 is 4.74 Å². The standard InChI is InChI=1S/C17H18BBrN2O5S2/c1-9(2)4-5-28(24,25)14-8-27-17(20-14)21-16(23)12-6-11(19)7-13(18)15(12)26-10(3)22/h6-9H,4-5H2,1-3H3,(H,20,21,23). The maximum atomic E-state index is 12.6. The number of sulfone groups is 1. The van der Waals surface area contributed by atoms with Crippen LogP contribution in [0, 0.1) is 5.92 Å². The fourth-order valence-electron chi connectivity index (χ4n) is 2.16. The molecular weight excluding hydrogens is 467 g/mol. The molecule has 11 heteroatoms. The first-order valence-corrected chi connectivity index (χ1v) is 11.6. The summed E-state index contributed by atoms with van der Waals surface area (Å²) in [6.45, 7) is 5.07. The lowest BCUT2D eigenvalue weighted by atomic mass is 9.92. The first kappa shape index (κ1) is 22.6. The van der Waals surface area contributed by atoms with Crippen LogP contribution in [0.15, 0.2) is 27.0 Å². The second-order valence-electron chi connectivity index (χ2n) is 6.41. The molecule has 1 heterocycles. The van der Waals surface area contributed by atoms with E-state index in [2.05, 4.69) is 26.2 Å². The highest BCUT2D eigenvalue weighted by Crippen LogP contribution is 2.25. The molecular formula is C17H18BBrN2O5S2. The Kier molecular flexibility index (Phi) is 7.41. The van der Waals surface area contributed by atoms with Crippen molar-refractivity contribution in [3.63, 3.8) is 0 Å². The fraction of sp³-hybridized carbons (Fsp3) is 0.353. The smallest absolute Gasteiger partial charge is 0.308 e. The van der Waals surface area contributed by atoms with Crippen LogP contribution < -0.4 is 15.5 Å². The van der Waals surface area contributed by atoms with Crippen LogP contribution in [0.1, 0.15) is 37.6 Å². The van der Waals surface area contributed by atoms with Gasteiger partial charge in [-0.1, -0.05) is 41.3 Å². The quantitative estimate of drug-likeness (QED) is 0.368. The zero-order valence-electron chi connectivity index (χ0n) is 15.5. The zero-order chi connectivity index (χ0) is 21.1. The fourth-order valence-corrected chi connectivity index (χ4v) is 5.21. The molecule has 28 heavy (non-hydrogen) atoms. The van der Waals surface area contributed by atoms with Crippen LogP contribution in [0.5, 0.6) is 5.75 Å². The van der Waals surface area contributed by atoms with E-state index in [1.807, 2.05) is 13.8 Å². The lowest BCUT2D eigenvalue weighted by molar-refractivity contribution is -0.131. The summed E-state index contributed by atoms with van der Waals surface area (Å²) in [5.74, 6) is -1.11. The molecule has 1 aromatic carbocycles. The molecule has 7 nitrogen and oxygen atoms in total. The van der Waals surface area contributed by atoms with Crippen molar-refractivity contribution in [2.24, 2.45) is 5.92 Å². The van der Waals surface area contributed by atoms with E-state index >= 15 is 0 Å². The molecule has 1 amide bonds. The van der Waals surface area contributed by atoms with Gasteiger partial charge in [0.05, 0.1) is 11.3 Å². The number of esters is 1. The number of ether oxygens (including phenoxy) is 1. The van der Waals surface area contributed by atoms with E-state index in [0.717, 1.165) is 11.3 Å². The Morgan fingerprint density at radius 3 is 2.64 bits per heavy atom. The van der Waals surface area contributed by atoms with Gasteiger partial charge >= 0.3 is 5.97 Å². The SMILES string of the molecule is [B]c1cc(Br)cc(C(=O)Nc2nc(S(=O)(=O)CCC(C)C)cs2)c1OC(C)=O. The van der Waals surface area contributed by atoms with Crippen molar-refractivity contribution in [3.8, 4) is 5.75 Å². The Labute approximate surface area is 177 Å². The van der Waals surface area contributed by atoms with Crippen LogP contribution in [-0.4, -0.2) is 38.9 Å². The van der Waals surface area contributed by atoms with Crippen molar-refractivity contribution in [1.29, 1.82) is 0 Å². The Bertz CT molecular complexity index is 1000. The minimum Gasteiger partial charge on any atom is -0.427 e. The molecule has 2 rings (SSSR count). The van der Waals surface area contributed by atoms with Crippen molar-refractivity contribution >= 4 is 67.4 Å². The van der Waals surface area contributed by atoms with Crippen molar-refractivity contribution < 1.29 is 22.7 Å². The Morgan fingerprint density at radius 2 is 2.04 bits per heavy atom. The summed E-state index contributed by atoms with van der Waals surface area (Å²) >= 11 is 4.22. The minimum atomic E-state index is -3.52. The van der Waals surface area contributed by atoms with Gasteiger partial charge in [-0.05, 0) is 18.4 Å². The van der Waals surface area contributed by atoms with E-state index in [9.17, 15) is 18.0 Å². The number of carbonyl (C=O) groups is 2. The number of aromatic nitrogens is 1. The molecule has 0 aliphatic heterocycles. The van der Waals surface area contributed by atoms with Gasteiger partial charge in [-0.25, -0.2) is 13.4 Å². The van der Waals surface area contributed by atoms with E-state index in [0.29, 0.717) is 10.9 Å². The monoisotopic (exact) mass is 484 g/mol. The number of carbonyl (C=O) groups excluding carboxylic acids is 2. The first-order chi connectivity index (χ1) is 13.0. The third-order valence-electron chi connectivity index (χ3n) is 3.56. The van der Waals surface area contributed by atoms with Crippen molar-refractivity contribution in [2.75, 3.05) is 11.1 Å². The zero-order valence-corrected chi connectivity index (χ0v) is 18.7. The van der Waals surface area contributed by atoms with Gasteiger partial charge in [0.2, 0.25) is 0 Å². The Hall–Kier alpha value is -1.72. The number of hydrogen-bond donors (Lipinski definition) is 1. The van der Waals surface area contributed by atoms with Gasteiger partial charge in [-0.15, -0.1) is 11.3 Å². The van der Waals surface area contributed by atoms with Gasteiger partial charge in [0.15, 0.2) is 20.0 Å². The summed E-state index contributed by atoms with van der Waals surface area (Å²) in [6.07, 6.45) is 0.518. The molecule has 1 aromatic heterocycles. The van der Waals surface area contributed by atoms with Crippen molar-refractivity contribution in [2.45, 2.75) is 32.2 Å². The van der Waals surface area contributed by atoms with Crippen LogP contribution in [0.3, 0.4) is 0 Å². The number of thiazole rings is 1. The first-order valence-electron chi connectivity index (χ1n) is 8.26. The summed E-state index contributed by atoms with van der Waals surface area (Å²) in [5.41, 5.74) is 0.118. The summed E-state index contributed by atoms with van der Waals surface area (Å²) in [5, 5.41) is 3.93. The number of hydrogen-bond acceptors (Lipinski definition) is 7. The van der Waals surface area contributed by atoms with Gasteiger partial charge in [0, 0.05) is 16.8 Å². The summed E-state index contributed by atoms with van der Waals surface area (Å²) in [7, 11) is 2.32. The minimum absolute atomic E-state index is 0.0133. The molecule has 2 aromatic rings. The molecule has 0 spiro atoms. The highest BCUT2D eigenvalue weighted by atomic mass is 79.9.